The van der Waals surface area contributed by atoms with Crippen LogP contribution in [0.2, 0.25) is 0 Å². The molecule has 0 aromatic heterocycles. The van der Waals surface area contributed by atoms with Crippen LogP contribution in [0.1, 0.15) is 5.56 Å². The van der Waals surface area contributed by atoms with Gasteiger partial charge in [0.15, 0.2) is 0 Å². The average molecular weight is 914 g/mol. The Labute approximate surface area is 290 Å². The van der Waals surface area contributed by atoms with E-state index in [9.17, 15) is 141 Å². The highest BCUT2D eigenvalue weighted by molar-refractivity contribution is 6.04. The molecule has 0 aliphatic carbocycles. The van der Waals surface area contributed by atoms with Gasteiger partial charge < -0.3 is 10.6 Å². The van der Waals surface area contributed by atoms with Crippen molar-refractivity contribution in [1.82, 2.24) is 0 Å². The summed E-state index contributed by atoms with van der Waals surface area (Å²) in [7, 11) is 0. The fraction of sp³-hybridized carbons (Fsp3) is 0.652. The third kappa shape index (κ3) is 6.94. The molecular formula is C23H8F30N2O2. The number of nitrogens with one attached hydrogen (secondary N) is 2. The van der Waals surface area contributed by atoms with Crippen LogP contribution in [0.25, 0.3) is 0 Å². The summed E-state index contributed by atoms with van der Waals surface area (Å²) in [5.41, 5.74) is -5.37. The molecule has 1 aromatic carbocycles. The normalized spacial score (nSPS) is 15.8. The van der Waals surface area contributed by atoms with Crippen LogP contribution in [0.15, 0.2) is 18.2 Å². The fourth-order valence-corrected chi connectivity index (χ4v) is 3.49. The lowest BCUT2D eigenvalue weighted by atomic mass is 9.90. The molecule has 1 rings (SSSR count). The van der Waals surface area contributed by atoms with Gasteiger partial charge in [0.2, 0.25) is 0 Å². The minimum atomic E-state index is -8.96. The molecule has 4 nitrogen and oxygen atoms in total. The first-order valence-electron chi connectivity index (χ1n) is 12.8. The molecule has 57 heavy (non-hydrogen) atoms. The Bertz CT molecular complexity index is 1690. The summed E-state index contributed by atoms with van der Waals surface area (Å²) in [6.45, 7) is 0.563. The first-order chi connectivity index (χ1) is 24.4. The Kier molecular flexibility index (Phi) is 12.1. The molecule has 0 aliphatic rings. The highest BCUT2D eigenvalue weighted by Gasteiger charge is 2.95. The van der Waals surface area contributed by atoms with Crippen LogP contribution >= 0.6 is 0 Å². The second kappa shape index (κ2) is 13.6. The monoisotopic (exact) mass is 914 g/mol. The van der Waals surface area contributed by atoms with Crippen molar-refractivity contribution in [2.24, 2.45) is 0 Å². The average Bonchev–Trinajstić information content (AvgIpc) is 2.99. The van der Waals surface area contributed by atoms with Gasteiger partial charge in [-0.1, -0.05) is 6.07 Å². The standard InChI is InChI=1S/C23H8F30N2O2/c1-5-2-3-6(54-8(56)10(24,25)12(28,29)14(32,33)16(36,37)18(40,41)20(44,45)22(48,49)50)7(4-5)55-9(57)11(26,27)13(30,31)15(34,35)17(38,39)19(42,43)21(46,47)23(51,52)53/h2-4H,1H3,(H,54,56)(H,55,57). The van der Waals surface area contributed by atoms with Gasteiger partial charge in [-0.2, -0.15) is 132 Å². The minimum absolute atomic E-state index is 0.0345. The Balaban J connectivity index is 3.75. The lowest BCUT2D eigenvalue weighted by molar-refractivity contribution is -0.449. The number of carbonyl (C=O) groups excluding carboxylic acids is 2. The van der Waals surface area contributed by atoms with Crippen LogP contribution in [0.4, 0.5) is 143 Å². The van der Waals surface area contributed by atoms with E-state index in [1.165, 1.54) is 0 Å². The van der Waals surface area contributed by atoms with Crippen molar-refractivity contribution in [3.63, 3.8) is 0 Å². The number of anilines is 2. The van der Waals surface area contributed by atoms with Crippen LogP contribution in [0.3, 0.4) is 0 Å². The highest BCUT2D eigenvalue weighted by atomic mass is 19.4. The van der Waals surface area contributed by atoms with Crippen LogP contribution in [0.5, 0.6) is 0 Å². The van der Waals surface area contributed by atoms with E-state index in [4.69, 9.17) is 0 Å². The maximum atomic E-state index is 14.3. The Hall–Kier alpha value is -3.94. The van der Waals surface area contributed by atoms with E-state index in [2.05, 4.69) is 0 Å². The van der Waals surface area contributed by atoms with Crippen molar-refractivity contribution < 1.29 is 141 Å². The molecule has 2 N–H and O–H groups in total. The number of benzene rings is 1. The van der Waals surface area contributed by atoms with Crippen molar-refractivity contribution in [2.75, 3.05) is 10.6 Å². The van der Waals surface area contributed by atoms with E-state index in [1.54, 1.807) is 0 Å². The zero-order valence-corrected chi connectivity index (χ0v) is 25.4. The summed E-state index contributed by atoms with van der Waals surface area (Å²) >= 11 is 0. The molecule has 0 saturated carbocycles. The molecule has 0 saturated heterocycles. The second-order valence-corrected chi connectivity index (χ2v) is 10.8. The summed E-state index contributed by atoms with van der Waals surface area (Å²) < 4.78 is 402. The number of hydrogen-bond acceptors (Lipinski definition) is 2. The van der Waals surface area contributed by atoms with Gasteiger partial charge in [0, 0.05) is 0 Å². The van der Waals surface area contributed by atoms with Crippen molar-refractivity contribution in [3.8, 4) is 0 Å². The van der Waals surface area contributed by atoms with Crippen molar-refractivity contribution in [1.29, 1.82) is 0 Å². The van der Waals surface area contributed by atoms with Crippen molar-refractivity contribution in [3.05, 3.63) is 23.8 Å². The smallest absolute Gasteiger partial charge is 0.319 e. The molecule has 0 bridgehead atoms. The fourth-order valence-electron chi connectivity index (χ4n) is 3.49. The summed E-state index contributed by atoms with van der Waals surface area (Å²) in [6, 6.07) is -0.347. The maximum absolute atomic E-state index is 14.3. The third-order valence-corrected chi connectivity index (χ3v) is 6.90. The summed E-state index contributed by atoms with van der Waals surface area (Å²) in [5.74, 6) is -112. The van der Waals surface area contributed by atoms with Crippen LogP contribution < -0.4 is 10.6 Å². The molecule has 332 valence electrons. The lowest BCUT2D eigenvalue weighted by Crippen LogP contribution is -2.73. The van der Waals surface area contributed by atoms with E-state index in [0.29, 0.717) is 6.92 Å². The van der Waals surface area contributed by atoms with Gasteiger partial charge in [0.25, 0.3) is 0 Å². The lowest BCUT2D eigenvalue weighted by Gasteiger charge is -2.41. The van der Waals surface area contributed by atoms with E-state index >= 15 is 0 Å². The number of aryl methyl sites for hydroxylation is 1. The van der Waals surface area contributed by atoms with Crippen LogP contribution in [-0.4, -0.2) is 95.2 Å². The topological polar surface area (TPSA) is 58.2 Å². The summed E-state index contributed by atoms with van der Waals surface area (Å²) in [5, 5.41) is 0.0825. The quantitative estimate of drug-likeness (QED) is 0.183. The molecule has 1 aromatic rings. The van der Waals surface area contributed by atoms with E-state index in [-0.39, 0.29) is 28.8 Å². The molecule has 34 heteroatoms. The van der Waals surface area contributed by atoms with Crippen molar-refractivity contribution in [2.45, 2.75) is 90.3 Å². The van der Waals surface area contributed by atoms with Crippen molar-refractivity contribution >= 4 is 23.2 Å². The van der Waals surface area contributed by atoms with E-state index in [1.807, 2.05) is 0 Å². The maximum Gasteiger partial charge on any atom is 0.460 e. The number of halogens is 30. The van der Waals surface area contributed by atoms with Gasteiger partial charge in [0.05, 0.1) is 11.4 Å². The number of hydrogen-bond donors (Lipinski definition) is 2. The van der Waals surface area contributed by atoms with Gasteiger partial charge in [0.1, 0.15) is 0 Å². The molecule has 0 aliphatic heterocycles. The first-order valence-corrected chi connectivity index (χ1v) is 12.8. The highest BCUT2D eigenvalue weighted by Crippen LogP contribution is 2.64. The molecule has 0 heterocycles. The molecule has 0 spiro atoms. The third-order valence-electron chi connectivity index (χ3n) is 6.90. The summed E-state index contributed by atoms with van der Waals surface area (Å²) in [4.78, 5) is 23.7. The Morgan fingerprint density at radius 3 is 0.842 bits per heavy atom. The number of alkyl halides is 30. The van der Waals surface area contributed by atoms with Crippen LogP contribution in [0, 0.1) is 6.92 Å². The minimum Gasteiger partial charge on any atom is -0.319 e. The molecular weight excluding hydrogens is 906 g/mol. The van der Waals surface area contributed by atoms with Gasteiger partial charge in [-0.3, -0.25) is 9.59 Å². The van der Waals surface area contributed by atoms with E-state index in [0.717, 1.165) is 0 Å². The molecule has 0 unspecified atom stereocenters. The van der Waals surface area contributed by atoms with Crippen LogP contribution in [-0.2, 0) is 9.59 Å². The second-order valence-electron chi connectivity index (χ2n) is 10.8. The zero-order chi connectivity index (χ0) is 46.4. The molecule has 2 amide bonds. The SMILES string of the molecule is Cc1ccc(NC(=O)C(F)(F)C(F)(F)C(F)(F)C(F)(F)C(F)(F)C(F)(F)C(F)(F)F)c(NC(=O)C(F)(F)C(F)(F)C(F)(F)C(F)(F)C(F)(F)C(F)(F)C(F)(F)F)c1. The zero-order valence-electron chi connectivity index (χ0n) is 25.4. The predicted molar refractivity (Wildman–Crippen MR) is 120 cm³/mol. The van der Waals surface area contributed by atoms with E-state index < -0.39 is 112 Å². The molecule has 0 fully saturated rings. The first kappa shape index (κ1) is 51.1. The summed E-state index contributed by atoms with van der Waals surface area (Å²) in [6.07, 6.45) is -16.1. The van der Waals surface area contributed by atoms with Gasteiger partial charge in [-0.15, -0.1) is 0 Å². The number of carbonyl (C=O) groups is 2. The largest absolute Gasteiger partial charge is 0.460 e. The predicted octanol–water partition coefficient (Wildman–Crippen LogP) is 10.6. The molecule has 0 atom stereocenters. The Morgan fingerprint density at radius 2 is 0.579 bits per heavy atom. The Morgan fingerprint density at radius 1 is 0.351 bits per heavy atom. The van der Waals surface area contributed by atoms with Gasteiger partial charge >= 0.3 is 95.2 Å². The number of amides is 2. The van der Waals surface area contributed by atoms with Gasteiger partial charge in [-0.25, -0.2) is 0 Å². The number of rotatable bonds is 14. The molecule has 0 radical (unpaired) electrons. The van der Waals surface area contributed by atoms with Gasteiger partial charge in [-0.05, 0) is 24.6 Å².